The molecule has 4 nitrogen and oxygen atoms in total. The maximum atomic E-state index is 8.52. The fourth-order valence-electron chi connectivity index (χ4n) is 1.51. The maximum Gasteiger partial charge on any atom is 0.225 e. The molecule has 74 valence electrons. The van der Waals surface area contributed by atoms with Gasteiger partial charge in [-0.15, -0.1) is 0 Å². The third-order valence-electron chi connectivity index (χ3n) is 2.22. The molecule has 1 saturated heterocycles. The molecular weight excluding hydrogens is 182 g/mol. The minimum Gasteiger partial charge on any atom is -0.464 e. The van der Waals surface area contributed by atoms with Crippen molar-refractivity contribution in [2.45, 2.75) is 25.2 Å². The van der Waals surface area contributed by atoms with E-state index in [1.807, 2.05) is 0 Å². The summed E-state index contributed by atoms with van der Waals surface area (Å²) in [5.41, 5.74) is 0. The van der Waals surface area contributed by atoms with Gasteiger partial charge in [-0.3, -0.25) is 0 Å². The number of rotatable bonds is 2. The van der Waals surface area contributed by atoms with Gasteiger partial charge in [-0.2, -0.15) is 5.26 Å². The second kappa shape index (κ2) is 3.45. The summed E-state index contributed by atoms with van der Waals surface area (Å²) in [6, 6.07) is 5.64. The van der Waals surface area contributed by atoms with Crippen molar-refractivity contribution < 1.29 is 13.9 Å². The zero-order valence-corrected chi connectivity index (χ0v) is 7.90. The molecule has 0 radical (unpaired) electrons. The molecule has 14 heavy (non-hydrogen) atoms. The molecule has 0 amide bonds. The molecule has 4 heteroatoms. The van der Waals surface area contributed by atoms with Gasteiger partial charge in [-0.25, -0.2) is 0 Å². The van der Waals surface area contributed by atoms with Crippen molar-refractivity contribution in [1.29, 1.82) is 5.26 Å². The first kappa shape index (κ1) is 9.25. The number of furan rings is 1. The SMILES string of the molecule is CC1(c2ccco2)OCC(CC#N)O1. The molecule has 0 N–H and O–H groups in total. The Bertz CT molecular complexity index is 341. The van der Waals surface area contributed by atoms with Gasteiger partial charge in [0.2, 0.25) is 5.79 Å². The third kappa shape index (κ3) is 1.52. The van der Waals surface area contributed by atoms with Crippen LogP contribution in [-0.4, -0.2) is 12.7 Å². The third-order valence-corrected chi connectivity index (χ3v) is 2.22. The Hall–Kier alpha value is -1.31. The van der Waals surface area contributed by atoms with E-state index in [4.69, 9.17) is 19.2 Å². The van der Waals surface area contributed by atoms with Crippen molar-refractivity contribution in [3.05, 3.63) is 24.2 Å². The summed E-state index contributed by atoms with van der Waals surface area (Å²) < 4.78 is 16.3. The molecule has 0 aromatic carbocycles. The van der Waals surface area contributed by atoms with Crippen LogP contribution in [0.15, 0.2) is 22.8 Å². The van der Waals surface area contributed by atoms with Gasteiger partial charge in [0, 0.05) is 0 Å². The second-order valence-corrected chi connectivity index (χ2v) is 3.34. The van der Waals surface area contributed by atoms with Gasteiger partial charge in [-0.1, -0.05) is 0 Å². The molecule has 2 heterocycles. The van der Waals surface area contributed by atoms with Gasteiger partial charge < -0.3 is 13.9 Å². The molecule has 1 aromatic rings. The van der Waals surface area contributed by atoms with Crippen molar-refractivity contribution in [1.82, 2.24) is 0 Å². The van der Waals surface area contributed by atoms with Crippen molar-refractivity contribution in [2.75, 3.05) is 6.61 Å². The second-order valence-electron chi connectivity index (χ2n) is 3.34. The summed E-state index contributed by atoms with van der Waals surface area (Å²) in [7, 11) is 0. The largest absolute Gasteiger partial charge is 0.464 e. The Morgan fingerprint density at radius 1 is 1.71 bits per heavy atom. The first-order valence-corrected chi connectivity index (χ1v) is 4.47. The summed E-state index contributed by atoms with van der Waals surface area (Å²) in [4.78, 5) is 0. The van der Waals surface area contributed by atoms with Gasteiger partial charge in [0.25, 0.3) is 0 Å². The van der Waals surface area contributed by atoms with E-state index in [1.165, 1.54) is 0 Å². The zero-order valence-electron chi connectivity index (χ0n) is 7.90. The van der Waals surface area contributed by atoms with Gasteiger partial charge in [0.1, 0.15) is 0 Å². The number of nitrogens with zero attached hydrogens (tertiary/aromatic N) is 1. The van der Waals surface area contributed by atoms with E-state index >= 15 is 0 Å². The highest BCUT2D eigenvalue weighted by atomic mass is 16.7. The Labute approximate surface area is 82.0 Å². The van der Waals surface area contributed by atoms with E-state index in [-0.39, 0.29) is 6.10 Å². The van der Waals surface area contributed by atoms with Crippen LogP contribution in [0.3, 0.4) is 0 Å². The van der Waals surface area contributed by atoms with E-state index < -0.39 is 5.79 Å². The summed E-state index contributed by atoms with van der Waals surface area (Å²) in [6.45, 7) is 2.23. The van der Waals surface area contributed by atoms with Crippen LogP contribution in [0.2, 0.25) is 0 Å². The molecule has 1 aromatic heterocycles. The quantitative estimate of drug-likeness (QED) is 0.718. The molecule has 1 aliphatic heterocycles. The minimum atomic E-state index is -0.828. The average Bonchev–Trinajstić information content (AvgIpc) is 2.75. The molecule has 2 unspecified atom stereocenters. The molecule has 0 aliphatic carbocycles. The van der Waals surface area contributed by atoms with Crippen LogP contribution >= 0.6 is 0 Å². The highest BCUT2D eigenvalue weighted by Crippen LogP contribution is 2.34. The minimum absolute atomic E-state index is 0.157. The highest BCUT2D eigenvalue weighted by Gasteiger charge is 2.40. The Morgan fingerprint density at radius 2 is 2.57 bits per heavy atom. The number of hydrogen-bond acceptors (Lipinski definition) is 4. The van der Waals surface area contributed by atoms with Crippen LogP contribution < -0.4 is 0 Å². The number of ether oxygens (including phenoxy) is 2. The molecule has 0 spiro atoms. The lowest BCUT2D eigenvalue weighted by atomic mass is 10.2. The van der Waals surface area contributed by atoms with Crippen LogP contribution in [0.5, 0.6) is 0 Å². The fourth-order valence-corrected chi connectivity index (χ4v) is 1.51. The van der Waals surface area contributed by atoms with Crippen LogP contribution in [-0.2, 0) is 15.3 Å². The monoisotopic (exact) mass is 193 g/mol. The van der Waals surface area contributed by atoms with Crippen molar-refractivity contribution in [3.8, 4) is 6.07 Å². The van der Waals surface area contributed by atoms with E-state index in [9.17, 15) is 0 Å². The molecule has 0 saturated carbocycles. The summed E-state index contributed by atoms with van der Waals surface area (Å²) >= 11 is 0. The number of hydrogen-bond donors (Lipinski definition) is 0. The maximum absolute atomic E-state index is 8.52. The normalized spacial score (nSPS) is 31.6. The molecule has 2 atom stereocenters. The van der Waals surface area contributed by atoms with E-state index in [2.05, 4.69) is 6.07 Å². The van der Waals surface area contributed by atoms with Gasteiger partial charge >= 0.3 is 0 Å². The number of nitriles is 1. The van der Waals surface area contributed by atoms with Gasteiger partial charge in [-0.05, 0) is 19.1 Å². The van der Waals surface area contributed by atoms with E-state index in [1.54, 1.807) is 25.3 Å². The van der Waals surface area contributed by atoms with Crippen molar-refractivity contribution >= 4 is 0 Å². The average molecular weight is 193 g/mol. The topological polar surface area (TPSA) is 55.4 Å². The van der Waals surface area contributed by atoms with Crippen molar-refractivity contribution in [3.63, 3.8) is 0 Å². The molecule has 1 fully saturated rings. The van der Waals surface area contributed by atoms with Crippen LogP contribution in [0.25, 0.3) is 0 Å². The molecule has 0 bridgehead atoms. The predicted molar refractivity (Wildman–Crippen MR) is 47.1 cm³/mol. The summed E-state index contributed by atoms with van der Waals surface area (Å²) in [5, 5.41) is 8.52. The van der Waals surface area contributed by atoms with Gasteiger partial charge in [0.15, 0.2) is 5.76 Å². The Morgan fingerprint density at radius 3 is 3.21 bits per heavy atom. The first-order chi connectivity index (χ1) is 6.74. The summed E-state index contributed by atoms with van der Waals surface area (Å²) in [6.07, 6.45) is 1.76. The standard InChI is InChI=1S/C10H11NO3/c1-10(9-3-2-6-12-9)13-7-8(14-10)4-5-11/h2-3,6,8H,4,7H2,1H3. The predicted octanol–water partition coefficient (Wildman–Crippen LogP) is 1.78. The lowest BCUT2D eigenvalue weighted by Gasteiger charge is -2.19. The fraction of sp³-hybridized carbons (Fsp3) is 0.500. The Balaban J connectivity index is 2.10. The lowest BCUT2D eigenvalue weighted by Crippen LogP contribution is -2.22. The molecule has 2 rings (SSSR count). The van der Waals surface area contributed by atoms with Crippen LogP contribution in [0, 0.1) is 11.3 Å². The Kier molecular flexibility index (Phi) is 2.28. The van der Waals surface area contributed by atoms with Crippen molar-refractivity contribution in [2.24, 2.45) is 0 Å². The zero-order chi connectivity index (χ0) is 10.0. The molecular formula is C10H11NO3. The molecule has 1 aliphatic rings. The first-order valence-electron chi connectivity index (χ1n) is 4.47. The summed E-state index contributed by atoms with van der Waals surface area (Å²) in [5.74, 6) is -0.191. The smallest absolute Gasteiger partial charge is 0.225 e. The lowest BCUT2D eigenvalue weighted by molar-refractivity contribution is -0.173. The van der Waals surface area contributed by atoms with Crippen LogP contribution in [0.1, 0.15) is 19.1 Å². The van der Waals surface area contributed by atoms with Crippen LogP contribution in [0.4, 0.5) is 0 Å². The van der Waals surface area contributed by atoms with Gasteiger partial charge in [0.05, 0.1) is 31.5 Å². The van der Waals surface area contributed by atoms with E-state index in [0.29, 0.717) is 18.8 Å². The van der Waals surface area contributed by atoms with E-state index in [0.717, 1.165) is 0 Å². The highest BCUT2D eigenvalue weighted by molar-refractivity contribution is 5.06.